The lowest BCUT2D eigenvalue weighted by atomic mass is 10.3. The third-order valence-corrected chi connectivity index (χ3v) is 3.85. The number of carbonyl (C=O) groups is 1. The molecule has 16 heavy (non-hydrogen) atoms. The van der Waals surface area contributed by atoms with Crippen LogP contribution >= 0.6 is 11.3 Å². The minimum absolute atomic E-state index is 0.206. The highest BCUT2D eigenvalue weighted by Crippen LogP contribution is 2.13. The zero-order valence-corrected chi connectivity index (χ0v) is 10.5. The van der Waals surface area contributed by atoms with Crippen LogP contribution in [-0.4, -0.2) is 41.9 Å². The predicted molar refractivity (Wildman–Crippen MR) is 66.5 cm³/mol. The van der Waals surface area contributed by atoms with Gasteiger partial charge in [-0.3, -0.25) is 9.69 Å². The fourth-order valence-electron chi connectivity index (χ4n) is 2.07. The van der Waals surface area contributed by atoms with E-state index in [1.807, 2.05) is 16.2 Å². The van der Waals surface area contributed by atoms with Gasteiger partial charge in [-0.2, -0.15) is 0 Å². The molecule has 0 unspecified atom stereocenters. The molecule has 0 radical (unpaired) electrons. The Morgan fingerprint density at radius 3 is 2.94 bits per heavy atom. The van der Waals surface area contributed by atoms with Gasteiger partial charge in [0.15, 0.2) is 0 Å². The summed E-state index contributed by atoms with van der Waals surface area (Å²) in [5.74, 6) is 0.206. The Balaban J connectivity index is 1.86. The summed E-state index contributed by atoms with van der Waals surface area (Å²) in [6.45, 7) is 6.58. The molecule has 0 atom stereocenters. The Labute approximate surface area is 101 Å². The summed E-state index contributed by atoms with van der Waals surface area (Å²) in [5.41, 5.74) is 0. The second-order valence-electron chi connectivity index (χ2n) is 4.22. The van der Waals surface area contributed by atoms with Gasteiger partial charge in [0, 0.05) is 44.5 Å². The summed E-state index contributed by atoms with van der Waals surface area (Å²) in [7, 11) is 0. The van der Waals surface area contributed by atoms with Crippen molar-refractivity contribution in [2.45, 2.75) is 19.9 Å². The largest absolute Gasteiger partial charge is 0.342 e. The van der Waals surface area contributed by atoms with Crippen LogP contribution in [0.5, 0.6) is 0 Å². The van der Waals surface area contributed by atoms with Gasteiger partial charge in [-0.15, -0.1) is 11.3 Å². The molecule has 0 saturated carbocycles. The Bertz CT molecular complexity index is 337. The Hall–Kier alpha value is -0.870. The van der Waals surface area contributed by atoms with Crippen LogP contribution in [0.25, 0.3) is 0 Å². The molecule has 1 amide bonds. The molecule has 1 aromatic heterocycles. The van der Waals surface area contributed by atoms with Crippen LogP contribution in [0.1, 0.15) is 18.2 Å². The number of thiophene rings is 1. The highest BCUT2D eigenvalue weighted by Gasteiger charge is 2.16. The zero-order chi connectivity index (χ0) is 11.4. The molecule has 1 saturated heterocycles. The molecule has 0 bridgehead atoms. The molecule has 2 rings (SSSR count). The normalized spacial score (nSPS) is 18.4. The quantitative estimate of drug-likeness (QED) is 0.784. The molecule has 2 heterocycles. The van der Waals surface area contributed by atoms with Crippen molar-refractivity contribution in [1.82, 2.24) is 9.80 Å². The van der Waals surface area contributed by atoms with E-state index >= 15 is 0 Å². The van der Waals surface area contributed by atoms with Crippen LogP contribution in [0.4, 0.5) is 0 Å². The maximum atomic E-state index is 11.3. The molecule has 0 aliphatic carbocycles. The van der Waals surface area contributed by atoms with Crippen molar-refractivity contribution in [1.29, 1.82) is 0 Å². The number of hydrogen-bond donors (Lipinski definition) is 0. The third-order valence-electron chi connectivity index (χ3n) is 2.99. The van der Waals surface area contributed by atoms with E-state index in [1.54, 1.807) is 6.92 Å². The van der Waals surface area contributed by atoms with Crippen molar-refractivity contribution in [3.63, 3.8) is 0 Å². The molecule has 0 N–H and O–H groups in total. The fourth-order valence-corrected chi connectivity index (χ4v) is 2.81. The molecule has 1 aromatic rings. The van der Waals surface area contributed by atoms with E-state index in [1.165, 1.54) is 4.88 Å². The van der Waals surface area contributed by atoms with Gasteiger partial charge in [0.05, 0.1) is 0 Å². The van der Waals surface area contributed by atoms with Crippen LogP contribution in [-0.2, 0) is 11.3 Å². The van der Waals surface area contributed by atoms with E-state index in [2.05, 4.69) is 22.4 Å². The van der Waals surface area contributed by atoms with Crippen LogP contribution in [0.2, 0.25) is 0 Å². The molecular weight excluding hydrogens is 220 g/mol. The van der Waals surface area contributed by atoms with Gasteiger partial charge in [0.1, 0.15) is 0 Å². The lowest BCUT2D eigenvalue weighted by molar-refractivity contribution is -0.128. The summed E-state index contributed by atoms with van der Waals surface area (Å²) < 4.78 is 0. The minimum atomic E-state index is 0.206. The van der Waals surface area contributed by atoms with Crippen LogP contribution in [0.15, 0.2) is 17.5 Å². The second kappa shape index (κ2) is 5.46. The van der Waals surface area contributed by atoms with Crippen molar-refractivity contribution < 1.29 is 4.79 Å². The minimum Gasteiger partial charge on any atom is -0.342 e. The Morgan fingerprint density at radius 2 is 2.25 bits per heavy atom. The van der Waals surface area contributed by atoms with E-state index in [0.717, 1.165) is 39.1 Å². The predicted octanol–water partition coefficient (Wildman–Crippen LogP) is 1.80. The zero-order valence-electron chi connectivity index (χ0n) is 9.69. The van der Waals surface area contributed by atoms with Gasteiger partial charge in [-0.1, -0.05) is 6.07 Å². The summed E-state index contributed by atoms with van der Waals surface area (Å²) in [6, 6.07) is 4.28. The van der Waals surface area contributed by atoms with Gasteiger partial charge in [-0.25, -0.2) is 0 Å². The summed E-state index contributed by atoms with van der Waals surface area (Å²) >= 11 is 1.81. The second-order valence-corrected chi connectivity index (χ2v) is 5.25. The molecule has 3 nitrogen and oxygen atoms in total. The van der Waals surface area contributed by atoms with Gasteiger partial charge in [0.2, 0.25) is 5.91 Å². The lowest BCUT2D eigenvalue weighted by Crippen LogP contribution is -2.33. The summed E-state index contributed by atoms with van der Waals surface area (Å²) in [6.07, 6.45) is 1.09. The Kier molecular flexibility index (Phi) is 3.96. The number of amides is 1. The van der Waals surface area contributed by atoms with E-state index in [0.29, 0.717) is 0 Å². The van der Waals surface area contributed by atoms with Crippen LogP contribution in [0.3, 0.4) is 0 Å². The summed E-state index contributed by atoms with van der Waals surface area (Å²) in [5, 5.41) is 2.12. The van der Waals surface area contributed by atoms with E-state index in [4.69, 9.17) is 0 Å². The Morgan fingerprint density at radius 1 is 1.38 bits per heavy atom. The summed E-state index contributed by atoms with van der Waals surface area (Å²) in [4.78, 5) is 17.1. The fraction of sp³-hybridized carbons (Fsp3) is 0.583. The number of hydrogen-bond acceptors (Lipinski definition) is 3. The van der Waals surface area contributed by atoms with Crippen molar-refractivity contribution >= 4 is 17.2 Å². The average molecular weight is 238 g/mol. The molecular formula is C12H18N2OS. The van der Waals surface area contributed by atoms with Crippen molar-refractivity contribution in [2.75, 3.05) is 26.2 Å². The van der Waals surface area contributed by atoms with Crippen molar-refractivity contribution in [3.8, 4) is 0 Å². The number of carbonyl (C=O) groups excluding carboxylic acids is 1. The topological polar surface area (TPSA) is 23.6 Å². The maximum absolute atomic E-state index is 11.3. The molecule has 1 aliphatic heterocycles. The first-order valence-corrected chi connectivity index (χ1v) is 6.64. The molecule has 4 heteroatoms. The monoisotopic (exact) mass is 238 g/mol. The van der Waals surface area contributed by atoms with E-state index in [-0.39, 0.29) is 5.91 Å². The van der Waals surface area contributed by atoms with Crippen LogP contribution in [0, 0.1) is 0 Å². The van der Waals surface area contributed by atoms with Gasteiger partial charge < -0.3 is 4.90 Å². The third kappa shape index (κ3) is 3.06. The van der Waals surface area contributed by atoms with E-state index < -0.39 is 0 Å². The highest BCUT2D eigenvalue weighted by atomic mass is 32.1. The SMILES string of the molecule is CC(=O)N1CCCN(Cc2cccs2)CC1. The van der Waals surface area contributed by atoms with Gasteiger partial charge in [0.25, 0.3) is 0 Å². The maximum Gasteiger partial charge on any atom is 0.219 e. The van der Waals surface area contributed by atoms with Crippen molar-refractivity contribution in [2.24, 2.45) is 0 Å². The number of rotatable bonds is 2. The molecule has 0 spiro atoms. The first kappa shape index (κ1) is 11.6. The smallest absolute Gasteiger partial charge is 0.219 e. The van der Waals surface area contributed by atoms with Crippen LogP contribution < -0.4 is 0 Å². The van der Waals surface area contributed by atoms with Gasteiger partial charge >= 0.3 is 0 Å². The molecule has 88 valence electrons. The average Bonchev–Trinajstić information content (AvgIpc) is 2.63. The molecule has 1 aliphatic rings. The highest BCUT2D eigenvalue weighted by molar-refractivity contribution is 7.09. The molecule has 1 fully saturated rings. The first-order valence-electron chi connectivity index (χ1n) is 5.76. The number of nitrogens with zero attached hydrogens (tertiary/aromatic N) is 2. The standard InChI is InChI=1S/C12H18N2OS/c1-11(15)14-6-3-5-13(7-8-14)10-12-4-2-9-16-12/h2,4,9H,3,5-8,10H2,1H3. The first-order chi connectivity index (χ1) is 7.75. The molecule has 0 aromatic carbocycles. The van der Waals surface area contributed by atoms with Gasteiger partial charge in [-0.05, 0) is 17.9 Å². The van der Waals surface area contributed by atoms with Crippen molar-refractivity contribution in [3.05, 3.63) is 22.4 Å². The van der Waals surface area contributed by atoms with E-state index in [9.17, 15) is 4.79 Å². The lowest BCUT2D eigenvalue weighted by Gasteiger charge is -2.20.